The van der Waals surface area contributed by atoms with Gasteiger partial charge >= 0.3 is 0 Å². The molecule has 0 bridgehead atoms. The van der Waals surface area contributed by atoms with Crippen LogP contribution in [0.15, 0.2) is 0 Å². The average Bonchev–Trinajstić information content (AvgIpc) is 2.60. The smallest absolute Gasteiger partial charge is 0.243 e. The van der Waals surface area contributed by atoms with Crippen molar-refractivity contribution in [3.05, 3.63) is 0 Å². The van der Waals surface area contributed by atoms with Crippen molar-refractivity contribution in [1.82, 2.24) is 4.90 Å². The molecule has 1 heterocycles. The minimum Gasteiger partial charge on any atom is -0.380 e. The fraction of sp³-hybridized carbons (Fsp3) is 0.833. The van der Waals surface area contributed by atoms with Crippen LogP contribution in [0.2, 0.25) is 0 Å². The molecule has 0 radical (unpaired) electrons. The third kappa shape index (κ3) is 2.53. The molecule has 16 heavy (non-hydrogen) atoms. The Morgan fingerprint density at radius 3 is 2.62 bits per heavy atom. The van der Waals surface area contributed by atoms with Gasteiger partial charge in [0, 0.05) is 19.7 Å². The maximum absolute atomic E-state index is 12.3. The molecule has 90 valence electrons. The van der Waals surface area contributed by atoms with Gasteiger partial charge in [-0.25, -0.2) is 0 Å². The zero-order valence-corrected chi connectivity index (χ0v) is 10.2. The van der Waals surface area contributed by atoms with Gasteiger partial charge in [-0.2, -0.15) is 5.26 Å². The molecular weight excluding hydrogens is 204 g/mol. The molecule has 1 rings (SSSR count). The molecule has 1 aliphatic rings. The van der Waals surface area contributed by atoms with E-state index in [0.29, 0.717) is 39.1 Å². The lowest BCUT2D eigenvalue weighted by atomic mass is 9.82. The SMILES string of the molecule is CCC(C#N)(CC)C(=O)N1CCCOCC1. The number of rotatable bonds is 3. The standard InChI is InChI=1S/C12H20N2O2/c1-3-12(4-2,10-13)11(15)14-6-5-8-16-9-7-14/h3-9H2,1-2H3. The van der Waals surface area contributed by atoms with E-state index in [1.807, 2.05) is 13.8 Å². The second-order valence-corrected chi connectivity index (χ2v) is 4.16. The first-order chi connectivity index (χ1) is 7.70. The molecule has 0 N–H and O–H groups in total. The zero-order chi connectivity index (χ0) is 12.0. The normalized spacial score (nSPS) is 17.7. The van der Waals surface area contributed by atoms with Crippen molar-refractivity contribution in [2.24, 2.45) is 5.41 Å². The minimum absolute atomic E-state index is 0.0227. The van der Waals surface area contributed by atoms with E-state index in [1.165, 1.54) is 0 Å². The van der Waals surface area contributed by atoms with Crippen molar-refractivity contribution < 1.29 is 9.53 Å². The summed E-state index contributed by atoms with van der Waals surface area (Å²) in [4.78, 5) is 14.1. The quantitative estimate of drug-likeness (QED) is 0.731. The van der Waals surface area contributed by atoms with E-state index in [0.717, 1.165) is 6.42 Å². The molecule has 4 nitrogen and oxygen atoms in total. The minimum atomic E-state index is -0.829. The summed E-state index contributed by atoms with van der Waals surface area (Å²) in [6.07, 6.45) is 2.02. The van der Waals surface area contributed by atoms with Crippen LogP contribution in [0.1, 0.15) is 33.1 Å². The van der Waals surface area contributed by atoms with Crippen molar-refractivity contribution >= 4 is 5.91 Å². The fourth-order valence-corrected chi connectivity index (χ4v) is 2.01. The molecule has 0 unspecified atom stereocenters. The molecule has 0 spiro atoms. The van der Waals surface area contributed by atoms with Crippen molar-refractivity contribution in [1.29, 1.82) is 5.26 Å². The first-order valence-corrected chi connectivity index (χ1v) is 5.98. The van der Waals surface area contributed by atoms with E-state index < -0.39 is 5.41 Å². The number of hydrogen-bond acceptors (Lipinski definition) is 3. The number of nitriles is 1. The van der Waals surface area contributed by atoms with Crippen LogP contribution in [-0.2, 0) is 9.53 Å². The zero-order valence-electron chi connectivity index (χ0n) is 10.2. The monoisotopic (exact) mass is 224 g/mol. The second kappa shape index (κ2) is 5.86. The summed E-state index contributed by atoms with van der Waals surface area (Å²) in [5, 5.41) is 9.22. The van der Waals surface area contributed by atoms with Crippen LogP contribution in [0.5, 0.6) is 0 Å². The lowest BCUT2D eigenvalue weighted by Gasteiger charge is -2.29. The van der Waals surface area contributed by atoms with Crippen molar-refractivity contribution in [2.75, 3.05) is 26.3 Å². The van der Waals surface area contributed by atoms with Crippen LogP contribution in [-0.4, -0.2) is 37.1 Å². The molecule has 0 aromatic heterocycles. The molecule has 0 atom stereocenters. The van der Waals surface area contributed by atoms with Crippen LogP contribution in [0, 0.1) is 16.7 Å². The first kappa shape index (κ1) is 13.0. The summed E-state index contributed by atoms with van der Waals surface area (Å²) in [6, 6.07) is 2.20. The molecule has 1 saturated heterocycles. The van der Waals surface area contributed by atoms with Gasteiger partial charge in [0.2, 0.25) is 5.91 Å². The summed E-state index contributed by atoms with van der Waals surface area (Å²) in [5.74, 6) is -0.0227. The van der Waals surface area contributed by atoms with Gasteiger partial charge in [-0.15, -0.1) is 0 Å². The van der Waals surface area contributed by atoms with E-state index in [9.17, 15) is 10.1 Å². The predicted molar refractivity (Wildman–Crippen MR) is 60.6 cm³/mol. The average molecular weight is 224 g/mol. The van der Waals surface area contributed by atoms with Gasteiger partial charge in [-0.1, -0.05) is 13.8 Å². The number of carbonyl (C=O) groups is 1. The van der Waals surface area contributed by atoms with Gasteiger partial charge < -0.3 is 9.64 Å². The number of ether oxygens (including phenoxy) is 1. The number of amides is 1. The molecule has 1 aliphatic heterocycles. The van der Waals surface area contributed by atoms with Gasteiger partial charge in [0.05, 0.1) is 12.7 Å². The van der Waals surface area contributed by atoms with Crippen LogP contribution in [0.4, 0.5) is 0 Å². The van der Waals surface area contributed by atoms with Crippen molar-refractivity contribution in [3.8, 4) is 6.07 Å². The molecule has 0 aromatic carbocycles. The number of nitrogens with zero attached hydrogens (tertiary/aromatic N) is 2. The molecule has 0 saturated carbocycles. The van der Waals surface area contributed by atoms with E-state index in [4.69, 9.17) is 4.74 Å². The third-order valence-corrected chi connectivity index (χ3v) is 3.34. The van der Waals surface area contributed by atoms with Crippen LogP contribution in [0.3, 0.4) is 0 Å². The summed E-state index contributed by atoms with van der Waals surface area (Å²) in [7, 11) is 0. The summed E-state index contributed by atoms with van der Waals surface area (Å²) >= 11 is 0. The van der Waals surface area contributed by atoms with E-state index in [-0.39, 0.29) is 5.91 Å². The number of hydrogen-bond donors (Lipinski definition) is 0. The molecule has 0 aromatic rings. The molecule has 0 aliphatic carbocycles. The van der Waals surface area contributed by atoms with E-state index in [2.05, 4.69) is 6.07 Å². The Kier molecular flexibility index (Phi) is 4.75. The lowest BCUT2D eigenvalue weighted by molar-refractivity contribution is -0.139. The van der Waals surface area contributed by atoms with E-state index >= 15 is 0 Å². The van der Waals surface area contributed by atoms with Gasteiger partial charge in [0.25, 0.3) is 0 Å². The summed E-state index contributed by atoms with van der Waals surface area (Å²) in [6.45, 7) is 6.42. The van der Waals surface area contributed by atoms with Gasteiger partial charge in [-0.3, -0.25) is 4.79 Å². The lowest BCUT2D eigenvalue weighted by Crippen LogP contribution is -2.44. The second-order valence-electron chi connectivity index (χ2n) is 4.16. The largest absolute Gasteiger partial charge is 0.380 e. The van der Waals surface area contributed by atoms with Gasteiger partial charge in [0.1, 0.15) is 5.41 Å². The Morgan fingerprint density at radius 2 is 2.06 bits per heavy atom. The Bertz CT molecular complexity index is 271. The summed E-state index contributed by atoms with van der Waals surface area (Å²) < 4.78 is 5.31. The topological polar surface area (TPSA) is 53.3 Å². The van der Waals surface area contributed by atoms with Crippen molar-refractivity contribution in [2.45, 2.75) is 33.1 Å². The Hall–Kier alpha value is -1.08. The molecule has 4 heteroatoms. The van der Waals surface area contributed by atoms with Crippen LogP contribution >= 0.6 is 0 Å². The van der Waals surface area contributed by atoms with E-state index in [1.54, 1.807) is 4.90 Å². The molecular formula is C12H20N2O2. The molecule has 1 amide bonds. The highest BCUT2D eigenvalue weighted by molar-refractivity contribution is 5.85. The van der Waals surface area contributed by atoms with Gasteiger partial charge in [0.15, 0.2) is 0 Å². The van der Waals surface area contributed by atoms with Crippen LogP contribution in [0.25, 0.3) is 0 Å². The maximum Gasteiger partial charge on any atom is 0.243 e. The Morgan fingerprint density at radius 1 is 1.38 bits per heavy atom. The Labute approximate surface area is 97.2 Å². The highest BCUT2D eigenvalue weighted by Crippen LogP contribution is 2.28. The van der Waals surface area contributed by atoms with Crippen LogP contribution < -0.4 is 0 Å². The van der Waals surface area contributed by atoms with Gasteiger partial charge in [-0.05, 0) is 19.3 Å². The Balaban J connectivity index is 2.77. The highest BCUT2D eigenvalue weighted by Gasteiger charge is 2.38. The first-order valence-electron chi connectivity index (χ1n) is 5.98. The number of carbonyl (C=O) groups excluding carboxylic acids is 1. The molecule has 1 fully saturated rings. The summed E-state index contributed by atoms with van der Waals surface area (Å²) in [5.41, 5.74) is -0.829. The van der Waals surface area contributed by atoms with Crippen molar-refractivity contribution in [3.63, 3.8) is 0 Å². The fourth-order valence-electron chi connectivity index (χ4n) is 2.01. The maximum atomic E-state index is 12.3. The predicted octanol–water partition coefficient (Wildman–Crippen LogP) is 1.57. The highest BCUT2D eigenvalue weighted by atomic mass is 16.5. The third-order valence-electron chi connectivity index (χ3n) is 3.34.